The molecule has 0 aliphatic carbocycles. The van der Waals surface area contributed by atoms with Crippen molar-refractivity contribution >= 4 is 50.3 Å². The van der Waals surface area contributed by atoms with Crippen LogP contribution in [0, 0.1) is 5.82 Å². The highest BCUT2D eigenvalue weighted by Crippen LogP contribution is 2.44. The van der Waals surface area contributed by atoms with Crippen molar-refractivity contribution in [2.75, 3.05) is 4.90 Å². The van der Waals surface area contributed by atoms with Gasteiger partial charge in [-0.25, -0.2) is 4.39 Å². The van der Waals surface area contributed by atoms with Crippen LogP contribution in [0.15, 0.2) is 64.6 Å². The summed E-state index contributed by atoms with van der Waals surface area (Å²) in [6.07, 6.45) is 1.78. The lowest BCUT2D eigenvalue weighted by molar-refractivity contribution is 0.575. The van der Waals surface area contributed by atoms with E-state index in [0.717, 1.165) is 20.0 Å². The molecule has 0 spiro atoms. The van der Waals surface area contributed by atoms with E-state index in [2.05, 4.69) is 32.3 Å². The molecule has 0 amide bonds. The molecule has 2 aromatic heterocycles. The average Bonchev–Trinajstić information content (AvgIpc) is 3.20. The zero-order valence-corrected chi connectivity index (χ0v) is 16.1. The summed E-state index contributed by atoms with van der Waals surface area (Å²) in [6.45, 7) is 0. The predicted octanol–water partition coefficient (Wildman–Crippen LogP) is 5.22. The summed E-state index contributed by atoms with van der Waals surface area (Å²) in [5.74, 6) is -0.265. The molecule has 2 atom stereocenters. The van der Waals surface area contributed by atoms with Gasteiger partial charge in [-0.15, -0.1) is 11.3 Å². The summed E-state index contributed by atoms with van der Waals surface area (Å²) in [5, 5.41) is 3.99. The molecule has 4 rings (SSSR count). The number of hydrogen-bond donors (Lipinski definition) is 1. The first-order valence-electron chi connectivity index (χ1n) is 7.65. The Hall–Kier alpha value is -1.83. The summed E-state index contributed by atoms with van der Waals surface area (Å²) in [6, 6.07) is 16.2. The smallest absolute Gasteiger partial charge is 0.174 e. The van der Waals surface area contributed by atoms with E-state index in [-0.39, 0.29) is 17.9 Å². The highest BCUT2D eigenvalue weighted by molar-refractivity contribution is 9.11. The number of halogens is 2. The Morgan fingerprint density at radius 1 is 1.12 bits per heavy atom. The molecule has 0 bridgehead atoms. The van der Waals surface area contributed by atoms with Gasteiger partial charge in [0, 0.05) is 16.8 Å². The summed E-state index contributed by atoms with van der Waals surface area (Å²) < 4.78 is 14.4. The molecule has 3 aromatic rings. The maximum Gasteiger partial charge on any atom is 0.174 e. The summed E-state index contributed by atoms with van der Waals surface area (Å²) in [7, 11) is 0. The largest absolute Gasteiger partial charge is 0.351 e. The fraction of sp³-hybridized carbons (Fsp3) is 0.111. The van der Waals surface area contributed by atoms with Gasteiger partial charge in [0.2, 0.25) is 0 Å². The van der Waals surface area contributed by atoms with Crippen LogP contribution in [0.4, 0.5) is 10.1 Å². The topological polar surface area (TPSA) is 28.2 Å². The number of anilines is 1. The van der Waals surface area contributed by atoms with Crippen molar-refractivity contribution in [2.45, 2.75) is 12.1 Å². The molecule has 0 saturated carbocycles. The first-order valence-corrected chi connectivity index (χ1v) is 9.67. The van der Waals surface area contributed by atoms with Crippen molar-refractivity contribution in [1.82, 2.24) is 10.3 Å². The van der Waals surface area contributed by atoms with E-state index in [4.69, 9.17) is 12.2 Å². The highest BCUT2D eigenvalue weighted by Gasteiger charge is 2.41. The number of nitrogens with one attached hydrogen (secondary N) is 1. The Kier molecular flexibility index (Phi) is 4.54. The van der Waals surface area contributed by atoms with Gasteiger partial charge in [-0.1, -0.05) is 6.07 Å². The van der Waals surface area contributed by atoms with Gasteiger partial charge in [0.1, 0.15) is 5.82 Å². The summed E-state index contributed by atoms with van der Waals surface area (Å²) in [5.41, 5.74) is 1.77. The maximum absolute atomic E-state index is 13.4. The molecule has 1 saturated heterocycles. The van der Waals surface area contributed by atoms with Crippen molar-refractivity contribution in [2.24, 2.45) is 0 Å². The number of benzene rings is 1. The van der Waals surface area contributed by atoms with Crippen molar-refractivity contribution in [1.29, 1.82) is 0 Å². The zero-order chi connectivity index (χ0) is 17.4. The van der Waals surface area contributed by atoms with Crippen molar-refractivity contribution in [3.63, 3.8) is 0 Å². The van der Waals surface area contributed by atoms with Crippen LogP contribution in [0.2, 0.25) is 0 Å². The van der Waals surface area contributed by atoms with Crippen LogP contribution < -0.4 is 10.2 Å². The van der Waals surface area contributed by atoms with Crippen LogP contribution in [-0.4, -0.2) is 10.1 Å². The molecule has 1 aliphatic rings. The lowest BCUT2D eigenvalue weighted by Crippen LogP contribution is -2.29. The second-order valence-corrected chi connectivity index (χ2v) is 8.50. The molecule has 1 aromatic carbocycles. The lowest BCUT2D eigenvalue weighted by atomic mass is 10.0. The van der Waals surface area contributed by atoms with Crippen LogP contribution in [0.1, 0.15) is 22.7 Å². The van der Waals surface area contributed by atoms with E-state index < -0.39 is 0 Å². The van der Waals surface area contributed by atoms with Gasteiger partial charge in [-0.05, 0) is 76.7 Å². The quantitative estimate of drug-likeness (QED) is 0.572. The summed E-state index contributed by atoms with van der Waals surface area (Å²) in [4.78, 5) is 7.69. The van der Waals surface area contributed by atoms with Crippen LogP contribution in [-0.2, 0) is 0 Å². The Morgan fingerprint density at radius 2 is 1.92 bits per heavy atom. The fourth-order valence-electron chi connectivity index (χ4n) is 3.01. The third kappa shape index (κ3) is 3.19. The second kappa shape index (κ2) is 6.82. The average molecular weight is 434 g/mol. The Labute approximate surface area is 162 Å². The van der Waals surface area contributed by atoms with Gasteiger partial charge < -0.3 is 10.2 Å². The first kappa shape index (κ1) is 16.6. The molecule has 0 radical (unpaired) electrons. The number of nitrogens with zero attached hydrogens (tertiary/aromatic N) is 2. The zero-order valence-electron chi connectivity index (χ0n) is 12.9. The molecular weight excluding hydrogens is 421 g/mol. The fourth-order valence-corrected chi connectivity index (χ4v) is 4.91. The number of hydrogen-bond acceptors (Lipinski definition) is 3. The SMILES string of the molecule is Fc1ccc(N2C(=S)N[C@@H](c3ccccn3)[C@H]2c2ccc(Br)s2)cc1. The minimum absolute atomic E-state index is 0.0517. The Morgan fingerprint density at radius 3 is 2.56 bits per heavy atom. The van der Waals surface area contributed by atoms with E-state index in [1.54, 1.807) is 29.7 Å². The van der Waals surface area contributed by atoms with Crippen LogP contribution >= 0.6 is 39.5 Å². The lowest BCUT2D eigenvalue weighted by Gasteiger charge is -2.26. The van der Waals surface area contributed by atoms with E-state index in [1.165, 1.54) is 12.1 Å². The van der Waals surface area contributed by atoms with Gasteiger partial charge in [0.15, 0.2) is 5.11 Å². The van der Waals surface area contributed by atoms with Gasteiger partial charge in [0.25, 0.3) is 0 Å². The first-order chi connectivity index (χ1) is 12.1. The van der Waals surface area contributed by atoms with E-state index in [9.17, 15) is 4.39 Å². The number of pyridine rings is 1. The van der Waals surface area contributed by atoms with Crippen LogP contribution in [0.5, 0.6) is 0 Å². The number of thiophene rings is 1. The van der Waals surface area contributed by atoms with Gasteiger partial charge in [0.05, 0.1) is 21.6 Å². The predicted molar refractivity (Wildman–Crippen MR) is 106 cm³/mol. The van der Waals surface area contributed by atoms with Gasteiger partial charge in [-0.3, -0.25) is 4.98 Å². The molecular formula is C18H13BrFN3S2. The molecule has 7 heteroatoms. The normalized spacial score (nSPS) is 19.9. The minimum atomic E-state index is -0.265. The molecule has 25 heavy (non-hydrogen) atoms. The third-order valence-electron chi connectivity index (χ3n) is 4.09. The molecule has 3 heterocycles. The molecule has 1 fully saturated rings. The Balaban J connectivity index is 1.81. The van der Waals surface area contributed by atoms with Crippen LogP contribution in [0.25, 0.3) is 0 Å². The monoisotopic (exact) mass is 433 g/mol. The summed E-state index contributed by atoms with van der Waals surface area (Å²) >= 11 is 10.8. The van der Waals surface area contributed by atoms with Crippen LogP contribution in [0.3, 0.4) is 0 Å². The van der Waals surface area contributed by atoms with E-state index in [1.807, 2.05) is 29.2 Å². The number of thiocarbonyl (C=S) groups is 1. The van der Waals surface area contributed by atoms with Crippen molar-refractivity contribution in [3.05, 3.63) is 81.0 Å². The van der Waals surface area contributed by atoms with E-state index in [0.29, 0.717) is 5.11 Å². The van der Waals surface area contributed by atoms with Crippen molar-refractivity contribution < 1.29 is 4.39 Å². The standard InChI is InChI=1S/C18H13BrFN3S2/c19-15-9-8-14(25-15)17-16(13-3-1-2-10-21-13)22-18(24)23(17)12-6-4-11(20)5-7-12/h1-10,16-17H,(H,22,24)/t16-,17+/m0/s1. The van der Waals surface area contributed by atoms with E-state index >= 15 is 0 Å². The second-order valence-electron chi connectivity index (χ2n) is 5.61. The third-order valence-corrected chi connectivity index (χ3v) is 6.10. The number of aromatic nitrogens is 1. The van der Waals surface area contributed by atoms with Gasteiger partial charge >= 0.3 is 0 Å². The van der Waals surface area contributed by atoms with Crippen molar-refractivity contribution in [3.8, 4) is 0 Å². The molecule has 0 unspecified atom stereocenters. The molecule has 126 valence electrons. The molecule has 3 nitrogen and oxygen atoms in total. The molecule has 1 aliphatic heterocycles. The number of rotatable bonds is 3. The minimum Gasteiger partial charge on any atom is -0.351 e. The van der Waals surface area contributed by atoms with Gasteiger partial charge in [-0.2, -0.15) is 0 Å². The maximum atomic E-state index is 13.4. The molecule has 1 N–H and O–H groups in total. The highest BCUT2D eigenvalue weighted by atomic mass is 79.9. The Bertz CT molecular complexity index is 898.